The van der Waals surface area contributed by atoms with Gasteiger partial charge in [-0.15, -0.1) is 0 Å². The Labute approximate surface area is 158 Å². The zero-order chi connectivity index (χ0) is 19.7. The van der Waals surface area contributed by atoms with E-state index >= 15 is 0 Å². The number of rotatable bonds is 4. The van der Waals surface area contributed by atoms with E-state index in [1.807, 2.05) is 30.3 Å². The molecule has 2 N–H and O–H groups in total. The van der Waals surface area contributed by atoms with Crippen molar-refractivity contribution in [1.82, 2.24) is 9.38 Å². The van der Waals surface area contributed by atoms with Crippen LogP contribution in [0.3, 0.4) is 0 Å². The van der Waals surface area contributed by atoms with Gasteiger partial charge in [-0.2, -0.15) is 0 Å². The number of nitrogens with zero attached hydrogens (tertiary/aromatic N) is 2. The predicted octanol–water partition coefficient (Wildman–Crippen LogP) is 4.02. The van der Waals surface area contributed by atoms with Crippen LogP contribution in [0.4, 0.5) is 14.5 Å². The fraction of sp³-hybridized carbons (Fsp3) is 0.0476. The molecule has 0 saturated carbocycles. The summed E-state index contributed by atoms with van der Waals surface area (Å²) in [5.41, 5.74) is 2.94. The summed E-state index contributed by atoms with van der Waals surface area (Å²) >= 11 is 0. The van der Waals surface area contributed by atoms with E-state index in [1.54, 1.807) is 16.7 Å². The highest BCUT2D eigenvalue weighted by atomic mass is 19.2. The van der Waals surface area contributed by atoms with E-state index in [9.17, 15) is 18.7 Å². The van der Waals surface area contributed by atoms with E-state index in [4.69, 9.17) is 0 Å². The largest absolute Gasteiger partial charge is 0.392 e. The van der Waals surface area contributed by atoms with Crippen LogP contribution in [0.15, 0.2) is 67.0 Å². The van der Waals surface area contributed by atoms with Crippen LogP contribution in [0.1, 0.15) is 16.1 Å². The van der Waals surface area contributed by atoms with Crippen molar-refractivity contribution in [2.45, 2.75) is 6.61 Å². The quantitative estimate of drug-likeness (QED) is 0.563. The van der Waals surface area contributed by atoms with Crippen molar-refractivity contribution in [3.63, 3.8) is 0 Å². The number of fused-ring (bicyclic) bond motifs is 1. The van der Waals surface area contributed by atoms with Gasteiger partial charge >= 0.3 is 0 Å². The summed E-state index contributed by atoms with van der Waals surface area (Å²) in [6.45, 7) is -0.0535. The average Bonchev–Trinajstić information content (AvgIpc) is 3.15. The highest BCUT2D eigenvalue weighted by molar-refractivity contribution is 6.03. The van der Waals surface area contributed by atoms with E-state index < -0.39 is 17.5 Å². The molecule has 1 amide bonds. The lowest BCUT2D eigenvalue weighted by atomic mass is 10.1. The Morgan fingerprint density at radius 1 is 1.04 bits per heavy atom. The van der Waals surface area contributed by atoms with E-state index in [0.29, 0.717) is 5.65 Å². The van der Waals surface area contributed by atoms with Crippen molar-refractivity contribution >= 4 is 17.2 Å². The van der Waals surface area contributed by atoms with Crippen LogP contribution in [0.5, 0.6) is 0 Å². The summed E-state index contributed by atoms with van der Waals surface area (Å²) in [6, 6.07) is 14.6. The van der Waals surface area contributed by atoms with Gasteiger partial charge in [0.1, 0.15) is 11.3 Å². The standard InChI is InChI=1S/C21H15F2N3O2/c22-16-5-2-6-17(20(16)23)25-21(28)18-11-26-10-15(7-8-19(26)24-18)14-4-1-3-13(9-14)12-27/h1-11,27H,12H2,(H,25,28). The molecule has 140 valence electrons. The first kappa shape index (κ1) is 17.8. The lowest BCUT2D eigenvalue weighted by molar-refractivity contribution is 0.102. The lowest BCUT2D eigenvalue weighted by Gasteiger charge is -2.04. The van der Waals surface area contributed by atoms with Crippen LogP contribution in [0.25, 0.3) is 16.8 Å². The number of aliphatic hydroxyl groups excluding tert-OH is 1. The van der Waals surface area contributed by atoms with Gasteiger partial charge in [0.2, 0.25) is 0 Å². The fourth-order valence-corrected chi connectivity index (χ4v) is 2.91. The van der Waals surface area contributed by atoms with Crippen LogP contribution < -0.4 is 5.32 Å². The molecule has 2 heterocycles. The Hall–Kier alpha value is -3.58. The van der Waals surface area contributed by atoms with Gasteiger partial charge in [0.05, 0.1) is 12.3 Å². The summed E-state index contributed by atoms with van der Waals surface area (Å²) in [6.07, 6.45) is 3.32. The number of amides is 1. The number of hydrogen-bond acceptors (Lipinski definition) is 3. The molecule has 0 saturated heterocycles. The monoisotopic (exact) mass is 379 g/mol. The lowest BCUT2D eigenvalue weighted by Crippen LogP contribution is -2.13. The van der Waals surface area contributed by atoms with E-state index in [-0.39, 0.29) is 18.0 Å². The molecule has 5 nitrogen and oxygen atoms in total. The number of halogens is 2. The maximum Gasteiger partial charge on any atom is 0.275 e. The first-order valence-corrected chi connectivity index (χ1v) is 8.49. The van der Waals surface area contributed by atoms with Crippen LogP contribution in [-0.2, 0) is 6.61 Å². The van der Waals surface area contributed by atoms with Gasteiger partial charge < -0.3 is 14.8 Å². The maximum atomic E-state index is 13.8. The van der Waals surface area contributed by atoms with Gasteiger partial charge in [-0.05, 0) is 47.0 Å². The Morgan fingerprint density at radius 3 is 2.68 bits per heavy atom. The average molecular weight is 379 g/mol. The number of anilines is 1. The first-order valence-electron chi connectivity index (χ1n) is 8.49. The van der Waals surface area contributed by atoms with Gasteiger partial charge in [-0.3, -0.25) is 4.79 Å². The van der Waals surface area contributed by atoms with Gasteiger partial charge in [-0.25, -0.2) is 13.8 Å². The number of imidazole rings is 1. The van der Waals surface area contributed by atoms with Crippen molar-refractivity contribution in [1.29, 1.82) is 0 Å². The summed E-state index contributed by atoms with van der Waals surface area (Å²) in [5.74, 6) is -2.80. The van der Waals surface area contributed by atoms with Crippen molar-refractivity contribution < 1.29 is 18.7 Å². The topological polar surface area (TPSA) is 66.6 Å². The molecule has 7 heteroatoms. The minimum Gasteiger partial charge on any atom is -0.392 e. The number of nitrogens with one attached hydrogen (secondary N) is 1. The molecular weight excluding hydrogens is 364 g/mol. The number of aliphatic hydroxyl groups is 1. The van der Waals surface area contributed by atoms with E-state index in [2.05, 4.69) is 10.3 Å². The number of hydrogen-bond donors (Lipinski definition) is 2. The number of pyridine rings is 1. The molecular formula is C21H15F2N3O2. The second-order valence-corrected chi connectivity index (χ2v) is 6.22. The third-order valence-corrected chi connectivity index (χ3v) is 4.33. The Balaban J connectivity index is 1.64. The molecule has 2 aromatic carbocycles. The molecule has 0 spiro atoms. The third-order valence-electron chi connectivity index (χ3n) is 4.33. The van der Waals surface area contributed by atoms with Crippen LogP contribution in [0, 0.1) is 11.6 Å². The molecule has 0 atom stereocenters. The van der Waals surface area contributed by atoms with E-state index in [0.717, 1.165) is 22.8 Å². The van der Waals surface area contributed by atoms with Crippen LogP contribution in [0.2, 0.25) is 0 Å². The number of aromatic nitrogens is 2. The fourth-order valence-electron chi connectivity index (χ4n) is 2.91. The molecule has 0 radical (unpaired) electrons. The second-order valence-electron chi connectivity index (χ2n) is 6.22. The highest BCUT2D eigenvalue weighted by Crippen LogP contribution is 2.22. The Kier molecular flexibility index (Phi) is 4.58. The minimum atomic E-state index is -1.12. The summed E-state index contributed by atoms with van der Waals surface area (Å²) < 4.78 is 28.7. The molecule has 4 rings (SSSR count). The minimum absolute atomic E-state index is 0.0535. The second kappa shape index (κ2) is 7.21. The SMILES string of the molecule is O=C(Nc1cccc(F)c1F)c1cn2cc(-c3cccc(CO)c3)ccc2n1. The number of carbonyl (C=O) groups is 1. The number of benzene rings is 2. The third kappa shape index (κ3) is 3.35. The van der Waals surface area contributed by atoms with Crippen molar-refractivity contribution in [2.75, 3.05) is 5.32 Å². The molecule has 0 unspecified atom stereocenters. The smallest absolute Gasteiger partial charge is 0.275 e. The van der Waals surface area contributed by atoms with Crippen LogP contribution >= 0.6 is 0 Å². The summed E-state index contributed by atoms with van der Waals surface area (Å²) in [4.78, 5) is 16.6. The van der Waals surface area contributed by atoms with Gasteiger partial charge in [-0.1, -0.05) is 24.3 Å². The van der Waals surface area contributed by atoms with E-state index in [1.165, 1.54) is 18.3 Å². The maximum absolute atomic E-state index is 13.8. The van der Waals surface area contributed by atoms with Gasteiger partial charge in [0.15, 0.2) is 11.6 Å². The molecule has 2 aromatic heterocycles. The molecule has 28 heavy (non-hydrogen) atoms. The van der Waals surface area contributed by atoms with Crippen molar-refractivity contribution in [3.8, 4) is 11.1 Å². The molecule has 0 aliphatic carbocycles. The summed E-state index contributed by atoms with van der Waals surface area (Å²) in [5, 5.41) is 11.6. The van der Waals surface area contributed by atoms with Crippen LogP contribution in [-0.4, -0.2) is 20.4 Å². The Bertz CT molecular complexity index is 1190. The molecule has 0 bridgehead atoms. The Morgan fingerprint density at radius 2 is 1.86 bits per heavy atom. The summed E-state index contributed by atoms with van der Waals surface area (Å²) in [7, 11) is 0. The first-order chi connectivity index (χ1) is 13.5. The molecule has 0 fully saturated rings. The molecule has 0 aliphatic rings. The molecule has 0 aliphatic heterocycles. The normalized spacial score (nSPS) is 11.0. The predicted molar refractivity (Wildman–Crippen MR) is 101 cm³/mol. The van der Waals surface area contributed by atoms with Gasteiger partial charge in [0.25, 0.3) is 5.91 Å². The van der Waals surface area contributed by atoms with Gasteiger partial charge in [0, 0.05) is 12.4 Å². The zero-order valence-electron chi connectivity index (χ0n) is 14.6. The van der Waals surface area contributed by atoms with Crippen molar-refractivity contribution in [3.05, 3.63) is 89.9 Å². The zero-order valence-corrected chi connectivity index (χ0v) is 14.6. The number of carbonyl (C=O) groups excluding carboxylic acids is 1. The highest BCUT2D eigenvalue weighted by Gasteiger charge is 2.15. The molecule has 4 aromatic rings. The van der Waals surface area contributed by atoms with Crippen molar-refractivity contribution in [2.24, 2.45) is 0 Å².